The van der Waals surface area contributed by atoms with Crippen molar-refractivity contribution in [1.29, 1.82) is 0 Å². The van der Waals surface area contributed by atoms with Crippen LogP contribution in [-0.2, 0) is 16.2 Å². The van der Waals surface area contributed by atoms with Crippen molar-refractivity contribution in [2.45, 2.75) is 13.5 Å². The molecule has 0 aromatic heterocycles. The molecule has 0 saturated carbocycles. The quantitative estimate of drug-likeness (QED) is 0.268. The van der Waals surface area contributed by atoms with E-state index in [1.165, 1.54) is 13.3 Å². The number of benzene rings is 3. The van der Waals surface area contributed by atoms with Gasteiger partial charge in [0.15, 0.2) is 11.5 Å². The third-order valence-electron chi connectivity index (χ3n) is 4.49. The minimum absolute atomic E-state index is 0.325. The van der Waals surface area contributed by atoms with E-state index in [1.807, 2.05) is 25.1 Å². The molecule has 2 N–H and O–H groups in total. The predicted octanol–water partition coefficient (Wildman–Crippen LogP) is 4.42. The van der Waals surface area contributed by atoms with E-state index in [4.69, 9.17) is 25.8 Å². The number of methoxy groups -OCH3 is 1. The van der Waals surface area contributed by atoms with E-state index in [1.54, 1.807) is 48.5 Å². The second kappa shape index (κ2) is 12.3. The van der Waals surface area contributed by atoms with Gasteiger partial charge in [-0.25, -0.2) is 5.43 Å². The number of hydrogen-bond acceptors (Lipinski definition) is 6. The highest BCUT2D eigenvalue weighted by atomic mass is 35.5. The van der Waals surface area contributed by atoms with Crippen LogP contribution in [0.25, 0.3) is 0 Å². The molecule has 3 aromatic rings. The van der Waals surface area contributed by atoms with Gasteiger partial charge in [0.2, 0.25) is 0 Å². The molecule has 176 valence electrons. The fourth-order valence-corrected chi connectivity index (χ4v) is 3.14. The van der Waals surface area contributed by atoms with Gasteiger partial charge in [0.1, 0.15) is 12.4 Å². The summed E-state index contributed by atoms with van der Waals surface area (Å²) in [6, 6.07) is 19.4. The number of para-hydroxylation sites is 2. The summed E-state index contributed by atoms with van der Waals surface area (Å²) in [6.45, 7) is 2.63. The van der Waals surface area contributed by atoms with Crippen LogP contribution in [-0.4, -0.2) is 31.7 Å². The maximum Gasteiger partial charge on any atom is 0.329 e. The van der Waals surface area contributed by atoms with E-state index in [2.05, 4.69) is 15.8 Å². The molecule has 0 fully saturated rings. The van der Waals surface area contributed by atoms with Crippen molar-refractivity contribution in [2.24, 2.45) is 5.10 Å². The van der Waals surface area contributed by atoms with E-state index in [-0.39, 0.29) is 0 Å². The third-order valence-corrected chi connectivity index (χ3v) is 4.73. The minimum Gasteiger partial charge on any atom is -0.495 e. The van der Waals surface area contributed by atoms with Gasteiger partial charge in [0, 0.05) is 5.02 Å². The van der Waals surface area contributed by atoms with E-state index < -0.39 is 11.8 Å². The van der Waals surface area contributed by atoms with Crippen LogP contribution in [0.2, 0.25) is 5.02 Å². The molecule has 0 unspecified atom stereocenters. The normalized spacial score (nSPS) is 10.6. The Morgan fingerprint density at radius 2 is 1.76 bits per heavy atom. The Bertz CT molecular complexity index is 1180. The lowest BCUT2D eigenvalue weighted by molar-refractivity contribution is -0.136. The van der Waals surface area contributed by atoms with Crippen LogP contribution < -0.4 is 25.0 Å². The van der Waals surface area contributed by atoms with Gasteiger partial charge in [-0.3, -0.25) is 9.59 Å². The van der Waals surface area contributed by atoms with Gasteiger partial charge in [-0.1, -0.05) is 35.9 Å². The van der Waals surface area contributed by atoms with Gasteiger partial charge in [-0.2, -0.15) is 5.10 Å². The zero-order valence-electron chi connectivity index (χ0n) is 18.7. The van der Waals surface area contributed by atoms with Crippen LogP contribution in [0.4, 0.5) is 5.69 Å². The van der Waals surface area contributed by atoms with Crippen LogP contribution in [0, 0.1) is 0 Å². The number of halogens is 1. The molecular formula is C25H24ClN3O5. The Labute approximate surface area is 202 Å². The Hall–Kier alpha value is -4.04. The lowest BCUT2D eigenvalue weighted by atomic mass is 10.2. The molecule has 0 aliphatic carbocycles. The fourth-order valence-electron chi connectivity index (χ4n) is 2.92. The number of hydrogen-bond donors (Lipinski definition) is 2. The van der Waals surface area contributed by atoms with Crippen molar-refractivity contribution in [3.63, 3.8) is 0 Å². The summed E-state index contributed by atoms with van der Waals surface area (Å²) in [4.78, 5) is 24.2. The van der Waals surface area contributed by atoms with Gasteiger partial charge in [-0.15, -0.1) is 0 Å². The Balaban J connectivity index is 1.60. The molecule has 0 heterocycles. The second-order valence-corrected chi connectivity index (χ2v) is 7.35. The van der Waals surface area contributed by atoms with E-state index in [0.717, 1.165) is 5.56 Å². The van der Waals surface area contributed by atoms with Crippen LogP contribution in [0.15, 0.2) is 71.8 Å². The molecule has 9 heteroatoms. The molecule has 0 aliphatic heterocycles. The summed E-state index contributed by atoms with van der Waals surface area (Å²) in [5, 5.41) is 6.97. The number of carbonyl (C=O) groups excluding carboxylic acids is 2. The van der Waals surface area contributed by atoms with Crippen molar-refractivity contribution in [3.8, 4) is 17.2 Å². The average Bonchev–Trinajstić information content (AvgIpc) is 2.84. The van der Waals surface area contributed by atoms with Crippen molar-refractivity contribution in [1.82, 2.24) is 5.43 Å². The number of nitrogens with one attached hydrogen (secondary N) is 2. The predicted molar refractivity (Wildman–Crippen MR) is 131 cm³/mol. The van der Waals surface area contributed by atoms with Crippen LogP contribution >= 0.6 is 11.6 Å². The molecule has 8 nitrogen and oxygen atoms in total. The molecule has 3 aromatic carbocycles. The molecule has 2 amide bonds. The molecule has 34 heavy (non-hydrogen) atoms. The monoisotopic (exact) mass is 481 g/mol. The van der Waals surface area contributed by atoms with Crippen LogP contribution in [0.5, 0.6) is 17.2 Å². The highest BCUT2D eigenvalue weighted by molar-refractivity contribution is 6.39. The number of ether oxygens (including phenoxy) is 3. The first-order valence-corrected chi connectivity index (χ1v) is 10.8. The zero-order valence-corrected chi connectivity index (χ0v) is 19.5. The summed E-state index contributed by atoms with van der Waals surface area (Å²) >= 11 is 6.02. The fraction of sp³-hybridized carbons (Fsp3) is 0.160. The smallest absolute Gasteiger partial charge is 0.329 e. The second-order valence-electron chi connectivity index (χ2n) is 6.91. The first kappa shape index (κ1) is 24.6. The van der Waals surface area contributed by atoms with Crippen molar-refractivity contribution >= 4 is 35.3 Å². The Morgan fingerprint density at radius 1 is 0.941 bits per heavy atom. The number of hydrazone groups is 1. The highest BCUT2D eigenvalue weighted by Crippen LogP contribution is 2.29. The molecule has 0 saturated heterocycles. The van der Waals surface area contributed by atoms with Crippen LogP contribution in [0.1, 0.15) is 18.1 Å². The minimum atomic E-state index is -0.923. The first-order chi connectivity index (χ1) is 16.5. The molecule has 0 atom stereocenters. The van der Waals surface area contributed by atoms with Crippen molar-refractivity contribution in [2.75, 3.05) is 19.0 Å². The Kier molecular flexibility index (Phi) is 8.88. The maximum atomic E-state index is 12.1. The molecule has 3 rings (SSSR count). The van der Waals surface area contributed by atoms with Crippen molar-refractivity contribution in [3.05, 3.63) is 82.9 Å². The molecule has 0 aliphatic rings. The summed E-state index contributed by atoms with van der Waals surface area (Å²) in [7, 11) is 1.47. The number of amides is 2. The third kappa shape index (κ3) is 6.98. The maximum absolute atomic E-state index is 12.1. The SMILES string of the molecule is CCOc1cc(/C=N/NC(=O)C(=O)Nc2ccccc2OC)ccc1OCc1cccc(Cl)c1. The van der Waals surface area contributed by atoms with E-state index in [0.29, 0.717) is 46.7 Å². The average molecular weight is 482 g/mol. The standard InChI is InChI=1S/C25H24ClN3O5/c1-3-33-23-14-17(11-12-22(23)34-16-18-7-6-8-19(26)13-18)15-27-29-25(31)24(30)28-20-9-4-5-10-21(20)32-2/h4-15H,3,16H2,1-2H3,(H,28,30)(H,29,31)/b27-15+. The topological polar surface area (TPSA) is 98.2 Å². The molecular weight excluding hydrogens is 458 g/mol. The lowest BCUT2D eigenvalue weighted by Crippen LogP contribution is -2.32. The molecule has 0 radical (unpaired) electrons. The van der Waals surface area contributed by atoms with Gasteiger partial charge >= 0.3 is 11.8 Å². The zero-order chi connectivity index (χ0) is 24.3. The van der Waals surface area contributed by atoms with Gasteiger partial charge < -0.3 is 19.5 Å². The Morgan fingerprint density at radius 3 is 2.53 bits per heavy atom. The first-order valence-electron chi connectivity index (χ1n) is 10.4. The summed E-state index contributed by atoms with van der Waals surface area (Å²) in [5.41, 5.74) is 4.15. The van der Waals surface area contributed by atoms with Crippen LogP contribution in [0.3, 0.4) is 0 Å². The highest BCUT2D eigenvalue weighted by Gasteiger charge is 2.15. The van der Waals surface area contributed by atoms with Gasteiger partial charge in [-0.05, 0) is 60.5 Å². The number of anilines is 1. The molecule has 0 bridgehead atoms. The van der Waals surface area contributed by atoms with Gasteiger partial charge in [0.25, 0.3) is 0 Å². The van der Waals surface area contributed by atoms with Gasteiger partial charge in [0.05, 0.1) is 25.6 Å². The van der Waals surface area contributed by atoms with E-state index >= 15 is 0 Å². The number of nitrogens with zero attached hydrogens (tertiary/aromatic N) is 1. The molecule has 0 spiro atoms. The van der Waals surface area contributed by atoms with E-state index in [9.17, 15) is 9.59 Å². The summed E-state index contributed by atoms with van der Waals surface area (Å²) < 4.78 is 16.7. The number of carbonyl (C=O) groups is 2. The largest absolute Gasteiger partial charge is 0.495 e. The van der Waals surface area contributed by atoms with Crippen molar-refractivity contribution < 1.29 is 23.8 Å². The summed E-state index contributed by atoms with van der Waals surface area (Å²) in [6.07, 6.45) is 1.40. The lowest BCUT2D eigenvalue weighted by Gasteiger charge is -2.13. The number of rotatable bonds is 9. The summed E-state index contributed by atoms with van der Waals surface area (Å²) in [5.74, 6) is -0.281.